The zero-order chi connectivity index (χ0) is 24.9. The van der Waals surface area contributed by atoms with E-state index in [0.29, 0.717) is 49.9 Å². The molecule has 180 valence electrons. The van der Waals surface area contributed by atoms with Gasteiger partial charge in [0.15, 0.2) is 16.7 Å². The first kappa shape index (κ1) is 25.5. The first-order valence-electron chi connectivity index (χ1n) is 10.7. The van der Waals surface area contributed by atoms with Crippen molar-refractivity contribution in [3.05, 3.63) is 91.3 Å². The maximum atomic E-state index is 12.5. The van der Waals surface area contributed by atoms with Gasteiger partial charge in [0.25, 0.3) is 5.91 Å². The van der Waals surface area contributed by atoms with Crippen LogP contribution in [0.15, 0.2) is 64.5 Å². The van der Waals surface area contributed by atoms with Crippen molar-refractivity contribution in [2.45, 2.75) is 20.5 Å². The van der Waals surface area contributed by atoms with E-state index in [1.54, 1.807) is 24.3 Å². The fourth-order valence-corrected chi connectivity index (χ4v) is 4.66. The van der Waals surface area contributed by atoms with Crippen molar-refractivity contribution < 1.29 is 14.3 Å². The number of nitrogens with zero attached hydrogens (tertiary/aromatic N) is 1. The van der Waals surface area contributed by atoms with E-state index >= 15 is 0 Å². The van der Waals surface area contributed by atoms with Crippen molar-refractivity contribution in [1.29, 1.82) is 0 Å². The molecule has 0 aromatic heterocycles. The summed E-state index contributed by atoms with van der Waals surface area (Å²) in [6.45, 7) is 4.59. The number of rotatable bonds is 7. The van der Waals surface area contributed by atoms with Crippen LogP contribution in [-0.4, -0.2) is 17.7 Å². The molecule has 1 saturated heterocycles. The Labute approximate surface area is 223 Å². The van der Waals surface area contributed by atoms with Gasteiger partial charge in [-0.1, -0.05) is 46.9 Å². The number of thioether (sulfide) groups is 1. The normalized spacial score (nSPS) is 15.5. The third-order valence-electron chi connectivity index (χ3n) is 4.98. The summed E-state index contributed by atoms with van der Waals surface area (Å²) in [4.78, 5) is 17.6. The lowest BCUT2D eigenvalue weighted by atomic mass is 10.2. The van der Waals surface area contributed by atoms with Crippen molar-refractivity contribution in [1.82, 2.24) is 5.32 Å². The molecule has 0 saturated carbocycles. The summed E-state index contributed by atoms with van der Waals surface area (Å²) in [6, 6.07) is 16.3. The number of amides is 1. The molecule has 4 rings (SSSR count). The molecule has 1 amide bonds. The fraction of sp³-hybridized carbons (Fsp3) is 0.154. The van der Waals surface area contributed by atoms with Crippen LogP contribution in [0, 0.1) is 6.92 Å². The number of carbonyl (C=O) groups is 1. The fourth-order valence-electron chi connectivity index (χ4n) is 3.28. The molecule has 0 aliphatic carbocycles. The molecule has 1 aliphatic rings. The van der Waals surface area contributed by atoms with Gasteiger partial charge >= 0.3 is 0 Å². The minimum Gasteiger partial charge on any atom is -0.490 e. The Morgan fingerprint density at radius 1 is 0.971 bits per heavy atom. The number of aryl methyl sites for hydroxylation is 1. The topological polar surface area (TPSA) is 59.9 Å². The predicted molar refractivity (Wildman–Crippen MR) is 145 cm³/mol. The average molecular weight is 548 g/mol. The van der Waals surface area contributed by atoms with E-state index in [4.69, 9.17) is 44.3 Å². The summed E-state index contributed by atoms with van der Waals surface area (Å²) < 4.78 is 11.7. The Balaban J connectivity index is 1.51. The van der Waals surface area contributed by atoms with Crippen molar-refractivity contribution >= 4 is 69.4 Å². The van der Waals surface area contributed by atoms with Gasteiger partial charge in [0.05, 0.1) is 27.2 Å². The molecular formula is C26H21Cl3N2O3S. The van der Waals surface area contributed by atoms with Crippen LogP contribution < -0.4 is 14.8 Å². The highest BCUT2D eigenvalue weighted by molar-refractivity contribution is 8.18. The highest BCUT2D eigenvalue weighted by Gasteiger charge is 2.24. The number of ether oxygens (including phenoxy) is 2. The molecule has 0 bridgehead atoms. The van der Waals surface area contributed by atoms with Gasteiger partial charge in [0, 0.05) is 5.02 Å². The molecule has 1 fully saturated rings. The van der Waals surface area contributed by atoms with Gasteiger partial charge in [-0.2, -0.15) is 0 Å². The third kappa shape index (κ3) is 6.53. The first-order chi connectivity index (χ1) is 16.8. The summed E-state index contributed by atoms with van der Waals surface area (Å²) in [5.41, 5.74) is 3.36. The number of carbonyl (C=O) groups excluding carboxylic acids is 1. The maximum absolute atomic E-state index is 12.5. The molecule has 0 atom stereocenters. The van der Waals surface area contributed by atoms with E-state index in [2.05, 4.69) is 10.3 Å². The van der Waals surface area contributed by atoms with Crippen LogP contribution in [0.4, 0.5) is 5.69 Å². The van der Waals surface area contributed by atoms with E-state index < -0.39 is 0 Å². The number of benzene rings is 3. The lowest BCUT2D eigenvalue weighted by Gasteiger charge is -2.13. The maximum Gasteiger partial charge on any atom is 0.264 e. The lowest BCUT2D eigenvalue weighted by molar-refractivity contribution is -0.115. The van der Waals surface area contributed by atoms with Crippen molar-refractivity contribution in [2.75, 3.05) is 6.61 Å². The van der Waals surface area contributed by atoms with Crippen LogP contribution >= 0.6 is 46.6 Å². The summed E-state index contributed by atoms with van der Waals surface area (Å²) in [5, 5.41) is 4.93. The molecule has 1 heterocycles. The standard InChI is InChI=1S/C26H21Cl3N2O3S/c1-3-33-23-12-16(5-9-22(23)34-14-17-4-7-19(28)20(29)11-17)13-24-25(32)31-26(35-24)30-21-8-6-18(27)10-15(21)2/h4-13H,3,14H2,1-2H3,(H,30,31,32)/b24-13-. The Kier molecular flexibility index (Phi) is 8.29. The van der Waals surface area contributed by atoms with Crippen LogP contribution in [0.25, 0.3) is 6.08 Å². The second-order valence-electron chi connectivity index (χ2n) is 7.59. The monoisotopic (exact) mass is 546 g/mol. The molecular weight excluding hydrogens is 527 g/mol. The van der Waals surface area contributed by atoms with Gasteiger partial charge in [-0.25, -0.2) is 4.99 Å². The largest absolute Gasteiger partial charge is 0.490 e. The van der Waals surface area contributed by atoms with Gasteiger partial charge < -0.3 is 14.8 Å². The molecule has 0 spiro atoms. The number of hydrogen-bond donors (Lipinski definition) is 1. The molecule has 1 N–H and O–H groups in total. The van der Waals surface area contributed by atoms with Crippen LogP contribution in [0.3, 0.4) is 0 Å². The van der Waals surface area contributed by atoms with Gasteiger partial charge in [0.1, 0.15) is 6.61 Å². The van der Waals surface area contributed by atoms with E-state index in [1.807, 2.05) is 50.2 Å². The number of hydrogen-bond acceptors (Lipinski definition) is 5. The van der Waals surface area contributed by atoms with E-state index in [-0.39, 0.29) is 5.91 Å². The second kappa shape index (κ2) is 11.4. The molecule has 1 aliphatic heterocycles. The summed E-state index contributed by atoms with van der Waals surface area (Å²) in [7, 11) is 0. The lowest BCUT2D eigenvalue weighted by Crippen LogP contribution is -2.19. The van der Waals surface area contributed by atoms with Crippen LogP contribution in [0.2, 0.25) is 15.1 Å². The van der Waals surface area contributed by atoms with Gasteiger partial charge in [-0.05, 0) is 90.8 Å². The SMILES string of the molecule is CCOc1cc(/C=C2\SC(=Nc3ccc(Cl)cc3C)NC2=O)ccc1OCc1ccc(Cl)c(Cl)c1. The van der Waals surface area contributed by atoms with E-state index in [1.165, 1.54) is 11.8 Å². The average Bonchev–Trinajstić information content (AvgIpc) is 3.16. The molecule has 3 aromatic rings. The van der Waals surface area contributed by atoms with Crippen LogP contribution in [-0.2, 0) is 11.4 Å². The second-order valence-corrected chi connectivity index (χ2v) is 9.87. The molecule has 0 radical (unpaired) electrons. The summed E-state index contributed by atoms with van der Waals surface area (Å²) >= 11 is 19.4. The van der Waals surface area contributed by atoms with Crippen molar-refractivity contribution in [3.8, 4) is 11.5 Å². The Hall–Kier alpha value is -2.64. The zero-order valence-corrected chi connectivity index (χ0v) is 22.0. The highest BCUT2D eigenvalue weighted by Crippen LogP contribution is 2.34. The molecule has 35 heavy (non-hydrogen) atoms. The summed E-state index contributed by atoms with van der Waals surface area (Å²) in [6.07, 6.45) is 1.79. The van der Waals surface area contributed by atoms with Crippen molar-refractivity contribution in [3.63, 3.8) is 0 Å². The quantitative estimate of drug-likeness (QED) is 0.306. The molecule has 3 aromatic carbocycles. The molecule has 5 nitrogen and oxygen atoms in total. The number of halogens is 3. The number of aliphatic imine (C=N–C) groups is 1. The predicted octanol–water partition coefficient (Wildman–Crippen LogP) is 7.82. The molecule has 9 heteroatoms. The zero-order valence-electron chi connectivity index (χ0n) is 18.9. The van der Waals surface area contributed by atoms with Crippen molar-refractivity contribution in [2.24, 2.45) is 4.99 Å². The first-order valence-corrected chi connectivity index (χ1v) is 12.7. The summed E-state index contributed by atoms with van der Waals surface area (Å²) in [5.74, 6) is 0.957. The Morgan fingerprint density at radius 2 is 1.80 bits per heavy atom. The smallest absolute Gasteiger partial charge is 0.264 e. The highest BCUT2D eigenvalue weighted by atomic mass is 35.5. The minimum absolute atomic E-state index is 0.210. The van der Waals surface area contributed by atoms with Crippen LogP contribution in [0.5, 0.6) is 11.5 Å². The van der Waals surface area contributed by atoms with E-state index in [0.717, 1.165) is 22.4 Å². The molecule has 0 unspecified atom stereocenters. The third-order valence-corrected chi connectivity index (χ3v) is 6.86. The van der Waals surface area contributed by atoms with Gasteiger partial charge in [0.2, 0.25) is 0 Å². The van der Waals surface area contributed by atoms with Gasteiger partial charge in [-0.3, -0.25) is 4.79 Å². The Morgan fingerprint density at radius 3 is 2.54 bits per heavy atom. The Bertz CT molecular complexity index is 1340. The minimum atomic E-state index is -0.210. The van der Waals surface area contributed by atoms with Crippen LogP contribution in [0.1, 0.15) is 23.6 Å². The van der Waals surface area contributed by atoms with Gasteiger partial charge in [-0.15, -0.1) is 0 Å². The van der Waals surface area contributed by atoms with E-state index in [9.17, 15) is 4.79 Å². The number of amidine groups is 1. The number of nitrogens with one attached hydrogen (secondary N) is 1.